The second-order valence-corrected chi connectivity index (χ2v) is 4.83. The maximum absolute atomic E-state index is 9.83. The summed E-state index contributed by atoms with van der Waals surface area (Å²) in [4.78, 5) is 0. The molecule has 1 aliphatic heterocycles. The Hall–Kier alpha value is -1.40. The van der Waals surface area contributed by atoms with Crippen LogP contribution >= 0.6 is 0 Å². The predicted molar refractivity (Wildman–Crippen MR) is 74.3 cm³/mol. The van der Waals surface area contributed by atoms with Crippen LogP contribution in [0.25, 0.3) is 6.08 Å². The number of methoxy groups -OCH3 is 1. The maximum Gasteiger partial charge on any atom is 0.124 e. The highest BCUT2D eigenvalue weighted by atomic mass is 16.5. The van der Waals surface area contributed by atoms with Crippen molar-refractivity contribution < 1.29 is 24.8 Å². The van der Waals surface area contributed by atoms with Gasteiger partial charge in [-0.1, -0.05) is 24.3 Å². The molecule has 0 unspecified atom stereocenters. The average molecular weight is 280 g/mol. The average Bonchev–Trinajstić information content (AvgIpc) is 2.71. The summed E-state index contributed by atoms with van der Waals surface area (Å²) in [6.45, 7) is 1.57. The SMILES string of the molecule is COc1cccc(/C=C/[C@H]2O[C@@H](C)[C@@H](O)[C@@H]2O)c1CO. The van der Waals surface area contributed by atoms with Crippen molar-refractivity contribution in [3.8, 4) is 5.75 Å². The van der Waals surface area contributed by atoms with Gasteiger partial charge in [-0.3, -0.25) is 0 Å². The van der Waals surface area contributed by atoms with Crippen molar-refractivity contribution in [2.45, 2.75) is 37.9 Å². The molecule has 0 spiro atoms. The normalized spacial score (nSPS) is 30.1. The van der Waals surface area contributed by atoms with Gasteiger partial charge in [0.15, 0.2) is 0 Å². The van der Waals surface area contributed by atoms with E-state index in [0.29, 0.717) is 11.3 Å². The molecule has 5 heteroatoms. The van der Waals surface area contributed by atoms with Crippen LogP contribution in [0.2, 0.25) is 0 Å². The summed E-state index contributed by atoms with van der Waals surface area (Å²) in [6.07, 6.45) is 0.662. The van der Waals surface area contributed by atoms with Gasteiger partial charge in [0.05, 0.1) is 19.8 Å². The van der Waals surface area contributed by atoms with Crippen molar-refractivity contribution in [1.29, 1.82) is 0 Å². The van der Waals surface area contributed by atoms with Crippen LogP contribution in [0.1, 0.15) is 18.1 Å². The molecule has 0 radical (unpaired) electrons. The van der Waals surface area contributed by atoms with E-state index in [1.807, 2.05) is 12.1 Å². The van der Waals surface area contributed by atoms with E-state index in [-0.39, 0.29) is 6.61 Å². The molecule has 1 heterocycles. The van der Waals surface area contributed by atoms with E-state index in [9.17, 15) is 15.3 Å². The van der Waals surface area contributed by atoms with Crippen LogP contribution < -0.4 is 4.74 Å². The minimum absolute atomic E-state index is 0.142. The van der Waals surface area contributed by atoms with Gasteiger partial charge in [-0.2, -0.15) is 0 Å². The molecule has 20 heavy (non-hydrogen) atoms. The molecule has 3 N–H and O–H groups in total. The first-order chi connectivity index (χ1) is 9.58. The van der Waals surface area contributed by atoms with Gasteiger partial charge in [-0.25, -0.2) is 0 Å². The lowest BCUT2D eigenvalue weighted by Crippen LogP contribution is -2.30. The smallest absolute Gasteiger partial charge is 0.124 e. The number of rotatable bonds is 4. The summed E-state index contributed by atoms with van der Waals surface area (Å²) in [5.74, 6) is 0.607. The second kappa shape index (κ2) is 6.37. The Bertz CT molecular complexity index is 485. The molecule has 1 fully saturated rings. The van der Waals surface area contributed by atoms with E-state index in [0.717, 1.165) is 5.56 Å². The molecule has 4 atom stereocenters. The largest absolute Gasteiger partial charge is 0.496 e. The molecule has 1 aromatic carbocycles. The molecule has 0 saturated carbocycles. The van der Waals surface area contributed by atoms with Crippen LogP contribution in [0.3, 0.4) is 0 Å². The summed E-state index contributed by atoms with van der Waals surface area (Å²) in [7, 11) is 1.55. The summed E-state index contributed by atoms with van der Waals surface area (Å²) >= 11 is 0. The molecule has 1 aromatic rings. The minimum atomic E-state index is -0.940. The van der Waals surface area contributed by atoms with E-state index in [1.165, 1.54) is 0 Å². The van der Waals surface area contributed by atoms with E-state index in [4.69, 9.17) is 9.47 Å². The molecular weight excluding hydrogens is 260 g/mol. The van der Waals surface area contributed by atoms with Gasteiger partial charge in [0.25, 0.3) is 0 Å². The van der Waals surface area contributed by atoms with Crippen LogP contribution in [0, 0.1) is 0 Å². The van der Waals surface area contributed by atoms with Gasteiger partial charge in [0, 0.05) is 5.56 Å². The van der Waals surface area contributed by atoms with Crippen molar-refractivity contribution in [2.75, 3.05) is 7.11 Å². The maximum atomic E-state index is 9.83. The fourth-order valence-electron chi connectivity index (χ4n) is 2.34. The van der Waals surface area contributed by atoms with Crippen LogP contribution in [-0.2, 0) is 11.3 Å². The van der Waals surface area contributed by atoms with Crippen molar-refractivity contribution >= 4 is 6.08 Å². The van der Waals surface area contributed by atoms with Crippen molar-refractivity contribution in [3.05, 3.63) is 35.4 Å². The van der Waals surface area contributed by atoms with Gasteiger partial charge in [-0.15, -0.1) is 0 Å². The quantitative estimate of drug-likeness (QED) is 0.757. The zero-order valence-corrected chi connectivity index (χ0v) is 11.6. The molecule has 0 aliphatic carbocycles. The third-order valence-corrected chi connectivity index (χ3v) is 3.55. The van der Waals surface area contributed by atoms with Crippen LogP contribution in [-0.4, -0.2) is 46.8 Å². The van der Waals surface area contributed by atoms with Gasteiger partial charge in [0.2, 0.25) is 0 Å². The Kier molecular flexibility index (Phi) is 4.77. The van der Waals surface area contributed by atoms with Crippen LogP contribution in [0.4, 0.5) is 0 Å². The highest BCUT2D eigenvalue weighted by Crippen LogP contribution is 2.26. The van der Waals surface area contributed by atoms with Crippen molar-refractivity contribution in [2.24, 2.45) is 0 Å². The van der Waals surface area contributed by atoms with Gasteiger partial charge in [-0.05, 0) is 18.6 Å². The lowest BCUT2D eigenvalue weighted by molar-refractivity contribution is 0.0316. The number of aliphatic hydroxyl groups is 3. The van der Waals surface area contributed by atoms with E-state index < -0.39 is 24.4 Å². The van der Waals surface area contributed by atoms with Crippen molar-refractivity contribution in [1.82, 2.24) is 0 Å². The highest BCUT2D eigenvalue weighted by molar-refractivity contribution is 5.58. The second-order valence-electron chi connectivity index (χ2n) is 4.83. The first kappa shape index (κ1) is 15.0. The number of ether oxygens (including phenoxy) is 2. The van der Waals surface area contributed by atoms with E-state index >= 15 is 0 Å². The first-order valence-corrected chi connectivity index (χ1v) is 6.55. The molecule has 5 nitrogen and oxygen atoms in total. The zero-order valence-electron chi connectivity index (χ0n) is 11.6. The Morgan fingerprint density at radius 2 is 2.05 bits per heavy atom. The first-order valence-electron chi connectivity index (χ1n) is 6.55. The Labute approximate surface area is 118 Å². The lowest BCUT2D eigenvalue weighted by Gasteiger charge is -2.12. The minimum Gasteiger partial charge on any atom is -0.496 e. The molecule has 1 aliphatic rings. The van der Waals surface area contributed by atoms with Gasteiger partial charge >= 0.3 is 0 Å². The molecule has 0 bridgehead atoms. The number of hydrogen-bond acceptors (Lipinski definition) is 5. The topological polar surface area (TPSA) is 79.2 Å². The van der Waals surface area contributed by atoms with Crippen LogP contribution in [0.5, 0.6) is 5.75 Å². The lowest BCUT2D eigenvalue weighted by atomic mass is 10.0. The fourth-order valence-corrected chi connectivity index (χ4v) is 2.34. The Balaban J connectivity index is 2.20. The molecule has 2 rings (SSSR count). The molecule has 110 valence electrons. The summed E-state index contributed by atoms with van der Waals surface area (Å²) in [5.41, 5.74) is 1.46. The van der Waals surface area contributed by atoms with E-state index in [2.05, 4.69) is 0 Å². The molecule has 1 saturated heterocycles. The van der Waals surface area contributed by atoms with Crippen molar-refractivity contribution in [3.63, 3.8) is 0 Å². The monoisotopic (exact) mass is 280 g/mol. The third kappa shape index (κ3) is 2.86. The summed E-state index contributed by atoms with van der Waals surface area (Å²) in [6, 6.07) is 5.43. The van der Waals surface area contributed by atoms with Crippen LogP contribution in [0.15, 0.2) is 24.3 Å². The molecular formula is C15H20O5. The molecule has 0 amide bonds. The highest BCUT2D eigenvalue weighted by Gasteiger charge is 2.38. The standard InChI is InChI=1S/C15H20O5/c1-9-14(17)15(18)13(20-9)7-6-10-4-3-5-12(19-2)11(10)8-16/h3-7,9,13-18H,8H2,1-2H3/b7-6+/t9-,13+,14+,15+/m0/s1. The fraction of sp³-hybridized carbons (Fsp3) is 0.467. The third-order valence-electron chi connectivity index (χ3n) is 3.55. The Morgan fingerprint density at radius 1 is 1.30 bits per heavy atom. The molecule has 0 aromatic heterocycles. The van der Waals surface area contributed by atoms with Gasteiger partial charge < -0.3 is 24.8 Å². The summed E-state index contributed by atoms with van der Waals surface area (Å²) in [5, 5.41) is 28.9. The number of aliphatic hydroxyl groups excluding tert-OH is 3. The van der Waals surface area contributed by atoms with E-state index in [1.54, 1.807) is 32.3 Å². The number of benzene rings is 1. The summed E-state index contributed by atoms with van der Waals surface area (Å²) < 4.78 is 10.6. The number of hydrogen-bond donors (Lipinski definition) is 3. The Morgan fingerprint density at radius 3 is 2.60 bits per heavy atom. The zero-order chi connectivity index (χ0) is 14.7. The predicted octanol–water partition coefficient (Wildman–Crippen LogP) is 0.710. The van der Waals surface area contributed by atoms with Gasteiger partial charge in [0.1, 0.15) is 24.1 Å².